The lowest BCUT2D eigenvalue weighted by molar-refractivity contribution is -0.134. The van der Waals surface area contributed by atoms with E-state index in [4.69, 9.17) is 4.74 Å². The number of Topliss-reactive ketones (excluding diaryl/α,β-unsaturated/α-hetero) is 1. The average Bonchev–Trinajstić information content (AvgIpc) is 2.55. The van der Waals surface area contributed by atoms with Crippen molar-refractivity contribution >= 4 is 17.7 Å². The van der Waals surface area contributed by atoms with Crippen molar-refractivity contribution in [1.29, 1.82) is 0 Å². The van der Waals surface area contributed by atoms with Crippen LogP contribution in [0.15, 0.2) is 54.6 Å². The fourth-order valence-corrected chi connectivity index (χ4v) is 2.01. The summed E-state index contributed by atoms with van der Waals surface area (Å²) in [5.41, 5.74) is 0.963. The Labute approximate surface area is 134 Å². The molecule has 0 radical (unpaired) electrons. The summed E-state index contributed by atoms with van der Waals surface area (Å²) in [5.74, 6) is -0.667. The van der Waals surface area contributed by atoms with E-state index in [0.29, 0.717) is 11.1 Å². The average molecular weight is 311 g/mol. The molecule has 0 atom stereocenters. The van der Waals surface area contributed by atoms with Crippen molar-refractivity contribution in [1.82, 2.24) is 4.90 Å². The number of ether oxygens (including phenoxy) is 1. The number of hydrogen-bond acceptors (Lipinski definition) is 4. The highest BCUT2D eigenvalue weighted by Crippen LogP contribution is 2.14. The standard InChI is InChI=1S/C18H17NO4/c1-13(20)15-9-6-10-16(11-15)23-17(21)12-19(2)18(22)14-7-4-3-5-8-14/h3-11H,12H2,1-2H3. The van der Waals surface area contributed by atoms with E-state index in [1.807, 2.05) is 6.07 Å². The summed E-state index contributed by atoms with van der Waals surface area (Å²) in [7, 11) is 1.53. The number of benzene rings is 2. The Bertz CT molecular complexity index is 725. The number of amides is 1. The van der Waals surface area contributed by atoms with Gasteiger partial charge in [-0.05, 0) is 31.2 Å². The molecule has 0 fully saturated rings. The molecule has 118 valence electrons. The Kier molecular flexibility index (Phi) is 5.25. The van der Waals surface area contributed by atoms with Crippen LogP contribution in [0.1, 0.15) is 27.6 Å². The minimum Gasteiger partial charge on any atom is -0.425 e. The quantitative estimate of drug-likeness (QED) is 0.483. The number of carbonyl (C=O) groups is 3. The van der Waals surface area contributed by atoms with Gasteiger partial charge < -0.3 is 9.64 Å². The van der Waals surface area contributed by atoms with Crippen molar-refractivity contribution in [3.8, 4) is 5.75 Å². The first-order valence-corrected chi connectivity index (χ1v) is 7.09. The van der Waals surface area contributed by atoms with Crippen LogP contribution < -0.4 is 4.74 Å². The molecule has 5 heteroatoms. The van der Waals surface area contributed by atoms with Gasteiger partial charge in [0.05, 0.1) is 0 Å². The summed E-state index contributed by atoms with van der Waals surface area (Å²) < 4.78 is 5.18. The van der Waals surface area contributed by atoms with E-state index in [-0.39, 0.29) is 24.0 Å². The van der Waals surface area contributed by atoms with Gasteiger partial charge in [0.1, 0.15) is 12.3 Å². The van der Waals surface area contributed by atoms with Gasteiger partial charge >= 0.3 is 5.97 Å². The van der Waals surface area contributed by atoms with Crippen molar-refractivity contribution < 1.29 is 19.1 Å². The minimum atomic E-state index is -0.572. The smallest absolute Gasteiger partial charge is 0.331 e. The van der Waals surface area contributed by atoms with E-state index in [1.165, 1.54) is 24.9 Å². The van der Waals surface area contributed by atoms with Crippen molar-refractivity contribution in [3.63, 3.8) is 0 Å². The number of rotatable bonds is 5. The van der Waals surface area contributed by atoms with Crippen molar-refractivity contribution in [3.05, 3.63) is 65.7 Å². The Morgan fingerprint density at radius 1 is 0.957 bits per heavy atom. The molecule has 0 unspecified atom stereocenters. The number of ketones is 1. The van der Waals surface area contributed by atoms with E-state index in [1.54, 1.807) is 42.5 Å². The van der Waals surface area contributed by atoms with Crippen LogP contribution in [0.4, 0.5) is 0 Å². The van der Waals surface area contributed by atoms with Crippen LogP contribution >= 0.6 is 0 Å². The molecule has 0 aliphatic carbocycles. The highest BCUT2D eigenvalue weighted by molar-refractivity contribution is 5.96. The molecule has 2 rings (SSSR count). The molecule has 0 bridgehead atoms. The lowest BCUT2D eigenvalue weighted by Gasteiger charge is -2.16. The molecule has 0 spiro atoms. The molecular weight excluding hydrogens is 294 g/mol. The third kappa shape index (κ3) is 4.51. The topological polar surface area (TPSA) is 63.7 Å². The van der Waals surface area contributed by atoms with Gasteiger partial charge in [-0.15, -0.1) is 0 Å². The maximum absolute atomic E-state index is 12.1. The van der Waals surface area contributed by atoms with Crippen LogP contribution in [-0.2, 0) is 4.79 Å². The van der Waals surface area contributed by atoms with Gasteiger partial charge in [-0.1, -0.05) is 30.3 Å². The molecule has 1 amide bonds. The van der Waals surface area contributed by atoms with E-state index < -0.39 is 5.97 Å². The normalized spacial score (nSPS) is 10.0. The van der Waals surface area contributed by atoms with Crippen LogP contribution in [0.2, 0.25) is 0 Å². The van der Waals surface area contributed by atoms with Crippen LogP contribution in [-0.4, -0.2) is 36.2 Å². The highest BCUT2D eigenvalue weighted by Gasteiger charge is 2.16. The SMILES string of the molecule is CC(=O)c1cccc(OC(=O)CN(C)C(=O)c2ccccc2)c1. The Morgan fingerprint density at radius 3 is 2.26 bits per heavy atom. The molecule has 0 aliphatic heterocycles. The van der Waals surface area contributed by atoms with Crippen LogP contribution in [0.5, 0.6) is 5.75 Å². The fraction of sp³-hybridized carbons (Fsp3) is 0.167. The van der Waals surface area contributed by atoms with Gasteiger partial charge in [0, 0.05) is 18.2 Å². The number of nitrogens with zero attached hydrogens (tertiary/aromatic N) is 1. The van der Waals surface area contributed by atoms with Gasteiger partial charge in [0.25, 0.3) is 5.91 Å². The second-order valence-electron chi connectivity index (χ2n) is 5.09. The fourth-order valence-electron chi connectivity index (χ4n) is 2.01. The minimum absolute atomic E-state index is 0.112. The van der Waals surface area contributed by atoms with E-state index in [2.05, 4.69) is 0 Å². The molecule has 0 aliphatic rings. The van der Waals surface area contributed by atoms with Gasteiger partial charge in [-0.2, -0.15) is 0 Å². The summed E-state index contributed by atoms with van der Waals surface area (Å²) in [6.45, 7) is 1.26. The predicted octanol–water partition coefficient (Wildman–Crippen LogP) is 2.57. The molecule has 0 aromatic heterocycles. The number of esters is 1. The predicted molar refractivity (Wildman–Crippen MR) is 85.5 cm³/mol. The summed E-state index contributed by atoms with van der Waals surface area (Å²) >= 11 is 0. The largest absolute Gasteiger partial charge is 0.425 e. The third-order valence-electron chi connectivity index (χ3n) is 3.21. The summed E-state index contributed by atoms with van der Waals surface area (Å²) in [4.78, 5) is 36.7. The zero-order valence-electron chi connectivity index (χ0n) is 13.0. The lowest BCUT2D eigenvalue weighted by atomic mass is 10.1. The van der Waals surface area contributed by atoms with Crippen molar-refractivity contribution in [2.45, 2.75) is 6.92 Å². The molecule has 2 aromatic rings. The van der Waals surface area contributed by atoms with Gasteiger partial charge in [0.2, 0.25) is 0 Å². The molecule has 0 heterocycles. The zero-order valence-corrected chi connectivity index (χ0v) is 13.0. The lowest BCUT2D eigenvalue weighted by Crippen LogP contribution is -2.34. The van der Waals surface area contributed by atoms with Crippen LogP contribution in [0, 0.1) is 0 Å². The van der Waals surface area contributed by atoms with E-state index >= 15 is 0 Å². The maximum Gasteiger partial charge on any atom is 0.331 e. The molecular formula is C18H17NO4. The van der Waals surface area contributed by atoms with E-state index in [0.717, 1.165) is 0 Å². The van der Waals surface area contributed by atoms with Crippen molar-refractivity contribution in [2.75, 3.05) is 13.6 Å². The second-order valence-corrected chi connectivity index (χ2v) is 5.09. The molecule has 0 N–H and O–H groups in total. The number of hydrogen-bond donors (Lipinski definition) is 0. The van der Waals surface area contributed by atoms with E-state index in [9.17, 15) is 14.4 Å². The first kappa shape index (κ1) is 16.4. The first-order chi connectivity index (χ1) is 11.0. The molecule has 0 saturated carbocycles. The van der Waals surface area contributed by atoms with Gasteiger partial charge in [0.15, 0.2) is 5.78 Å². The highest BCUT2D eigenvalue weighted by atomic mass is 16.5. The molecule has 0 saturated heterocycles. The molecule has 5 nitrogen and oxygen atoms in total. The summed E-state index contributed by atoms with van der Waals surface area (Å²) in [6.07, 6.45) is 0. The summed E-state index contributed by atoms with van der Waals surface area (Å²) in [6, 6.07) is 15.1. The van der Waals surface area contributed by atoms with Crippen molar-refractivity contribution in [2.24, 2.45) is 0 Å². The Balaban J connectivity index is 1.98. The van der Waals surface area contributed by atoms with Gasteiger partial charge in [-0.25, -0.2) is 4.79 Å². The Morgan fingerprint density at radius 2 is 1.61 bits per heavy atom. The first-order valence-electron chi connectivity index (χ1n) is 7.09. The third-order valence-corrected chi connectivity index (χ3v) is 3.21. The zero-order chi connectivity index (χ0) is 16.8. The van der Waals surface area contributed by atoms with Gasteiger partial charge in [-0.3, -0.25) is 9.59 Å². The number of carbonyl (C=O) groups excluding carboxylic acids is 3. The monoisotopic (exact) mass is 311 g/mol. The maximum atomic E-state index is 12.1. The Hall–Kier alpha value is -2.95. The second kappa shape index (κ2) is 7.35. The number of likely N-dealkylation sites (N-methyl/N-ethyl adjacent to an activating group) is 1. The van der Waals surface area contributed by atoms with Crippen LogP contribution in [0.25, 0.3) is 0 Å². The molecule has 23 heavy (non-hydrogen) atoms. The van der Waals surface area contributed by atoms with Crippen LogP contribution in [0.3, 0.4) is 0 Å². The molecule has 2 aromatic carbocycles. The summed E-state index contributed by atoms with van der Waals surface area (Å²) in [5, 5.41) is 0.